The highest BCUT2D eigenvalue weighted by Crippen LogP contribution is 2.31. The fraction of sp³-hybridized carbons (Fsp3) is 0.0952. The molecular formula is C21H18N2O. The first-order valence-electron chi connectivity index (χ1n) is 8.08. The third kappa shape index (κ3) is 3.01. The first-order valence-corrected chi connectivity index (χ1v) is 8.08. The van der Waals surface area contributed by atoms with Crippen molar-refractivity contribution in [3.63, 3.8) is 0 Å². The van der Waals surface area contributed by atoms with Crippen LogP contribution in [0.15, 0.2) is 96.0 Å². The van der Waals surface area contributed by atoms with Crippen molar-refractivity contribution in [2.24, 2.45) is 4.99 Å². The number of hydrogen-bond donors (Lipinski definition) is 0. The maximum absolute atomic E-state index is 6.19. The van der Waals surface area contributed by atoms with E-state index in [4.69, 9.17) is 9.73 Å². The van der Waals surface area contributed by atoms with Crippen LogP contribution in [0.5, 0.6) is 0 Å². The van der Waals surface area contributed by atoms with Crippen molar-refractivity contribution in [3.8, 4) is 0 Å². The van der Waals surface area contributed by atoms with E-state index in [1.807, 2.05) is 66.7 Å². The normalized spacial score (nSPS) is 18.6. The fourth-order valence-electron chi connectivity index (χ4n) is 2.84. The van der Waals surface area contributed by atoms with Crippen LogP contribution in [-0.4, -0.2) is 12.6 Å². The molecule has 3 aromatic rings. The van der Waals surface area contributed by atoms with Gasteiger partial charge in [0.05, 0.1) is 12.2 Å². The van der Waals surface area contributed by atoms with E-state index in [2.05, 4.69) is 29.2 Å². The lowest BCUT2D eigenvalue weighted by molar-refractivity contribution is 0.236. The van der Waals surface area contributed by atoms with Crippen LogP contribution in [0.1, 0.15) is 11.7 Å². The molecule has 3 heteroatoms. The molecule has 1 heterocycles. The zero-order valence-electron chi connectivity index (χ0n) is 13.2. The van der Waals surface area contributed by atoms with Gasteiger partial charge in [-0.25, -0.2) is 0 Å². The Labute approximate surface area is 141 Å². The molecule has 3 aromatic carbocycles. The van der Waals surface area contributed by atoms with Crippen molar-refractivity contribution >= 4 is 17.4 Å². The number of ether oxygens (including phenoxy) is 1. The fourth-order valence-corrected chi connectivity index (χ4v) is 2.84. The predicted molar refractivity (Wildman–Crippen MR) is 97.6 cm³/mol. The highest BCUT2D eigenvalue weighted by atomic mass is 16.5. The van der Waals surface area contributed by atoms with Crippen LogP contribution in [0, 0.1) is 0 Å². The zero-order valence-corrected chi connectivity index (χ0v) is 13.2. The molecule has 0 aliphatic carbocycles. The molecule has 1 aliphatic heterocycles. The number of nitrogens with zero attached hydrogens (tertiary/aromatic N) is 2. The summed E-state index contributed by atoms with van der Waals surface area (Å²) in [4.78, 5) is 6.84. The molecule has 1 aliphatic rings. The SMILES string of the molecule is c1ccc(N=C2OC(c3ccccc3)CN2c2ccccc2)cc1. The molecule has 0 N–H and O–H groups in total. The first kappa shape index (κ1) is 14.5. The van der Waals surface area contributed by atoms with Crippen LogP contribution in [-0.2, 0) is 4.74 Å². The van der Waals surface area contributed by atoms with Crippen molar-refractivity contribution in [3.05, 3.63) is 96.6 Å². The molecule has 0 spiro atoms. The maximum atomic E-state index is 6.19. The minimum absolute atomic E-state index is 0.0196. The van der Waals surface area contributed by atoms with E-state index in [0.29, 0.717) is 6.02 Å². The molecule has 1 unspecified atom stereocenters. The van der Waals surface area contributed by atoms with Crippen LogP contribution in [0.2, 0.25) is 0 Å². The van der Waals surface area contributed by atoms with Crippen LogP contribution >= 0.6 is 0 Å². The van der Waals surface area contributed by atoms with Gasteiger partial charge in [0.2, 0.25) is 0 Å². The standard InChI is InChI=1S/C21H18N2O/c1-4-10-17(11-5-1)20-16-23(19-14-8-3-9-15-19)21(24-20)22-18-12-6-2-7-13-18/h1-15,20H,16H2. The Morgan fingerprint density at radius 3 is 2.00 bits per heavy atom. The van der Waals surface area contributed by atoms with Crippen LogP contribution in [0.25, 0.3) is 0 Å². The van der Waals surface area contributed by atoms with Gasteiger partial charge in [0.15, 0.2) is 0 Å². The van der Waals surface area contributed by atoms with Gasteiger partial charge in [-0.3, -0.25) is 4.90 Å². The summed E-state index contributed by atoms with van der Waals surface area (Å²) in [5.74, 6) is 0. The van der Waals surface area contributed by atoms with Crippen LogP contribution < -0.4 is 4.90 Å². The second kappa shape index (κ2) is 6.59. The number of hydrogen-bond acceptors (Lipinski definition) is 2. The number of benzene rings is 3. The minimum Gasteiger partial charge on any atom is -0.455 e. The molecule has 4 rings (SSSR count). The van der Waals surface area contributed by atoms with E-state index >= 15 is 0 Å². The van der Waals surface area contributed by atoms with Gasteiger partial charge in [0, 0.05) is 5.69 Å². The Kier molecular flexibility index (Phi) is 3.98. The Morgan fingerprint density at radius 1 is 0.750 bits per heavy atom. The van der Waals surface area contributed by atoms with E-state index in [0.717, 1.165) is 23.5 Å². The number of para-hydroxylation sites is 2. The summed E-state index contributed by atoms with van der Waals surface area (Å²) < 4.78 is 6.19. The van der Waals surface area contributed by atoms with E-state index < -0.39 is 0 Å². The minimum atomic E-state index is -0.0196. The summed E-state index contributed by atoms with van der Waals surface area (Å²) in [6.45, 7) is 0.750. The van der Waals surface area contributed by atoms with E-state index in [1.165, 1.54) is 0 Å². The summed E-state index contributed by atoms with van der Waals surface area (Å²) in [6.07, 6.45) is -0.0196. The number of rotatable bonds is 3. The van der Waals surface area contributed by atoms with Gasteiger partial charge in [0.1, 0.15) is 6.10 Å². The lowest BCUT2D eigenvalue weighted by Gasteiger charge is -2.15. The van der Waals surface area contributed by atoms with E-state index in [1.54, 1.807) is 0 Å². The van der Waals surface area contributed by atoms with Crippen molar-refractivity contribution in [2.75, 3.05) is 11.4 Å². The van der Waals surface area contributed by atoms with Crippen molar-refractivity contribution in [2.45, 2.75) is 6.10 Å². The second-order valence-electron chi connectivity index (χ2n) is 5.69. The Bertz CT molecular complexity index is 816. The van der Waals surface area contributed by atoms with Gasteiger partial charge in [-0.15, -0.1) is 0 Å². The molecule has 1 fully saturated rings. The second-order valence-corrected chi connectivity index (χ2v) is 5.69. The van der Waals surface area contributed by atoms with Gasteiger partial charge < -0.3 is 4.74 Å². The van der Waals surface area contributed by atoms with Gasteiger partial charge in [-0.1, -0.05) is 66.7 Å². The third-order valence-electron chi connectivity index (χ3n) is 4.05. The molecule has 0 radical (unpaired) electrons. The molecule has 0 saturated carbocycles. The van der Waals surface area contributed by atoms with Gasteiger partial charge in [-0.2, -0.15) is 4.99 Å². The van der Waals surface area contributed by atoms with Crippen molar-refractivity contribution < 1.29 is 4.74 Å². The molecule has 3 nitrogen and oxygen atoms in total. The summed E-state index contributed by atoms with van der Waals surface area (Å²) in [5, 5.41) is 0. The van der Waals surface area contributed by atoms with Crippen LogP contribution in [0.3, 0.4) is 0 Å². The monoisotopic (exact) mass is 314 g/mol. The highest BCUT2D eigenvalue weighted by Gasteiger charge is 2.31. The largest absolute Gasteiger partial charge is 0.455 e. The zero-order chi connectivity index (χ0) is 16.2. The van der Waals surface area contributed by atoms with E-state index in [9.17, 15) is 0 Å². The molecule has 0 bridgehead atoms. The molecule has 0 aromatic heterocycles. The Morgan fingerprint density at radius 2 is 1.33 bits per heavy atom. The summed E-state index contributed by atoms with van der Waals surface area (Å²) in [6, 6.07) is 31.1. The highest BCUT2D eigenvalue weighted by molar-refractivity contribution is 5.95. The number of anilines is 1. The molecule has 24 heavy (non-hydrogen) atoms. The van der Waals surface area contributed by atoms with Crippen LogP contribution in [0.4, 0.5) is 11.4 Å². The summed E-state index contributed by atoms with van der Waals surface area (Å²) in [5.41, 5.74) is 3.14. The Balaban J connectivity index is 1.70. The quantitative estimate of drug-likeness (QED) is 0.683. The first-order chi connectivity index (χ1) is 11.9. The molecule has 118 valence electrons. The van der Waals surface area contributed by atoms with Gasteiger partial charge in [0.25, 0.3) is 6.02 Å². The van der Waals surface area contributed by atoms with E-state index in [-0.39, 0.29) is 6.10 Å². The number of aliphatic imine (C=N–C) groups is 1. The Hall–Kier alpha value is -3.07. The van der Waals surface area contributed by atoms with Crippen molar-refractivity contribution in [1.29, 1.82) is 0 Å². The summed E-state index contributed by atoms with van der Waals surface area (Å²) in [7, 11) is 0. The average Bonchev–Trinajstić information content (AvgIpc) is 3.08. The van der Waals surface area contributed by atoms with Crippen molar-refractivity contribution in [1.82, 2.24) is 0 Å². The molecular weight excluding hydrogens is 296 g/mol. The maximum Gasteiger partial charge on any atom is 0.298 e. The predicted octanol–water partition coefficient (Wildman–Crippen LogP) is 4.95. The summed E-state index contributed by atoms with van der Waals surface area (Å²) >= 11 is 0. The molecule has 1 atom stereocenters. The molecule has 0 amide bonds. The van der Waals surface area contributed by atoms with Gasteiger partial charge in [-0.05, 0) is 29.8 Å². The lowest BCUT2D eigenvalue weighted by atomic mass is 10.1. The molecule has 1 saturated heterocycles. The smallest absolute Gasteiger partial charge is 0.298 e. The lowest BCUT2D eigenvalue weighted by Crippen LogP contribution is -2.24. The number of amidine groups is 1. The topological polar surface area (TPSA) is 24.8 Å². The average molecular weight is 314 g/mol. The van der Waals surface area contributed by atoms with Gasteiger partial charge >= 0.3 is 0 Å². The third-order valence-corrected chi connectivity index (χ3v) is 4.05.